The molecule has 16 heavy (non-hydrogen) atoms. The van der Waals surface area contributed by atoms with Crippen LogP contribution in [0.4, 0.5) is 0 Å². The van der Waals surface area contributed by atoms with E-state index in [0.29, 0.717) is 6.42 Å². The molecule has 0 aromatic rings. The average Bonchev–Trinajstić information content (AvgIpc) is 2.22. The lowest BCUT2D eigenvalue weighted by molar-refractivity contribution is -0.136. The summed E-state index contributed by atoms with van der Waals surface area (Å²) in [7, 11) is 3.15. The molecule has 0 aromatic carbocycles. The van der Waals surface area contributed by atoms with Gasteiger partial charge >= 0.3 is 5.97 Å². The molecule has 0 aromatic heterocycles. The van der Waals surface area contributed by atoms with Crippen LogP contribution >= 0.6 is 0 Å². The maximum absolute atomic E-state index is 10.4. The van der Waals surface area contributed by atoms with Crippen LogP contribution in [0.2, 0.25) is 0 Å². The normalized spacial score (nSPS) is 13.2. The van der Waals surface area contributed by atoms with Crippen LogP contribution in [0.25, 0.3) is 0 Å². The molecule has 0 aliphatic carbocycles. The molecule has 0 spiro atoms. The second kappa shape index (κ2) is 8.07. The first-order valence-electron chi connectivity index (χ1n) is 5.10. The summed E-state index contributed by atoms with van der Waals surface area (Å²) in [5.41, 5.74) is 0.959. The fourth-order valence-electron chi connectivity index (χ4n) is 1.27. The van der Waals surface area contributed by atoms with Crippen LogP contribution in [0, 0.1) is 5.92 Å². The summed E-state index contributed by atoms with van der Waals surface area (Å²) < 4.78 is 10.2. The molecule has 0 aliphatic rings. The van der Waals surface area contributed by atoms with Gasteiger partial charge in [-0.1, -0.05) is 24.3 Å². The zero-order valence-corrected chi connectivity index (χ0v) is 10.1. The number of rotatable bonds is 8. The van der Waals surface area contributed by atoms with Gasteiger partial charge in [-0.25, -0.2) is 0 Å². The minimum absolute atomic E-state index is 0.0222. The highest BCUT2D eigenvalue weighted by molar-refractivity contribution is 5.68. The Kier molecular flexibility index (Phi) is 7.50. The number of hydrogen-bond donors (Lipinski definition) is 1. The molecule has 0 fully saturated rings. The van der Waals surface area contributed by atoms with Crippen LogP contribution < -0.4 is 0 Å². The molecule has 0 radical (unpaired) electrons. The SMILES string of the molecule is C=C(C)[C@H](/C=C/CC(=O)O)CC(OC)OC. The summed E-state index contributed by atoms with van der Waals surface area (Å²) in [5, 5.41) is 8.52. The summed E-state index contributed by atoms with van der Waals surface area (Å²) >= 11 is 0. The first kappa shape index (κ1) is 14.9. The van der Waals surface area contributed by atoms with Gasteiger partial charge in [0, 0.05) is 26.6 Å². The molecule has 0 saturated heterocycles. The molecule has 92 valence electrons. The number of methoxy groups -OCH3 is 2. The number of carbonyl (C=O) groups is 1. The van der Waals surface area contributed by atoms with Crippen molar-refractivity contribution in [3.05, 3.63) is 24.3 Å². The zero-order chi connectivity index (χ0) is 12.6. The molecule has 1 N–H and O–H groups in total. The molecule has 4 nitrogen and oxygen atoms in total. The molecule has 1 atom stereocenters. The number of ether oxygens (including phenoxy) is 2. The number of carboxylic acid groups (broad SMARTS) is 1. The van der Waals surface area contributed by atoms with Gasteiger partial charge in [-0.15, -0.1) is 0 Å². The van der Waals surface area contributed by atoms with Gasteiger partial charge < -0.3 is 14.6 Å². The van der Waals surface area contributed by atoms with E-state index in [9.17, 15) is 4.79 Å². The molecule has 4 heteroatoms. The summed E-state index contributed by atoms with van der Waals surface area (Å²) in [5.74, 6) is -0.768. The van der Waals surface area contributed by atoms with Crippen molar-refractivity contribution in [3.63, 3.8) is 0 Å². The lowest BCUT2D eigenvalue weighted by Crippen LogP contribution is -2.17. The predicted molar refractivity (Wildman–Crippen MR) is 62.1 cm³/mol. The zero-order valence-electron chi connectivity index (χ0n) is 10.1. The van der Waals surface area contributed by atoms with E-state index in [1.165, 1.54) is 0 Å². The van der Waals surface area contributed by atoms with Crippen molar-refractivity contribution in [1.29, 1.82) is 0 Å². The molecule has 0 unspecified atom stereocenters. The van der Waals surface area contributed by atoms with Gasteiger partial charge in [0.1, 0.15) is 0 Å². The number of aliphatic carboxylic acids is 1. The molecule has 0 amide bonds. The van der Waals surface area contributed by atoms with Crippen molar-refractivity contribution in [2.45, 2.75) is 26.1 Å². The lowest BCUT2D eigenvalue weighted by atomic mass is 9.97. The Morgan fingerprint density at radius 1 is 1.44 bits per heavy atom. The molecule has 0 rings (SSSR count). The van der Waals surface area contributed by atoms with Crippen molar-refractivity contribution in [1.82, 2.24) is 0 Å². The largest absolute Gasteiger partial charge is 0.481 e. The molecular formula is C12H20O4. The Morgan fingerprint density at radius 3 is 2.38 bits per heavy atom. The van der Waals surface area contributed by atoms with Crippen molar-refractivity contribution < 1.29 is 19.4 Å². The molecular weight excluding hydrogens is 208 g/mol. The number of hydrogen-bond acceptors (Lipinski definition) is 3. The highest BCUT2D eigenvalue weighted by atomic mass is 16.7. The average molecular weight is 228 g/mol. The highest BCUT2D eigenvalue weighted by Crippen LogP contribution is 2.19. The third-order valence-electron chi connectivity index (χ3n) is 2.27. The minimum atomic E-state index is -0.841. The van der Waals surface area contributed by atoms with Gasteiger partial charge in [0.15, 0.2) is 6.29 Å². The molecule has 0 heterocycles. The van der Waals surface area contributed by atoms with E-state index in [1.54, 1.807) is 20.3 Å². The first-order chi connectivity index (χ1) is 7.51. The molecule has 0 aliphatic heterocycles. The quantitative estimate of drug-likeness (QED) is 0.511. The van der Waals surface area contributed by atoms with Gasteiger partial charge in [-0.05, 0) is 6.92 Å². The topological polar surface area (TPSA) is 55.8 Å². The van der Waals surface area contributed by atoms with E-state index in [0.717, 1.165) is 5.57 Å². The monoisotopic (exact) mass is 228 g/mol. The second-order valence-corrected chi connectivity index (χ2v) is 3.62. The van der Waals surface area contributed by atoms with Crippen molar-refractivity contribution >= 4 is 5.97 Å². The number of carboxylic acids is 1. The maximum atomic E-state index is 10.4. The summed E-state index contributed by atoms with van der Waals surface area (Å²) in [6.45, 7) is 5.77. The van der Waals surface area contributed by atoms with Crippen LogP contribution in [0.1, 0.15) is 19.8 Å². The van der Waals surface area contributed by atoms with Gasteiger partial charge in [0.25, 0.3) is 0 Å². The van der Waals surface area contributed by atoms with Crippen molar-refractivity contribution in [2.24, 2.45) is 5.92 Å². The Balaban J connectivity index is 4.32. The van der Waals surface area contributed by atoms with Crippen LogP contribution in [-0.4, -0.2) is 31.6 Å². The van der Waals surface area contributed by atoms with Gasteiger partial charge in [0.2, 0.25) is 0 Å². The van der Waals surface area contributed by atoms with Crippen molar-refractivity contribution in [2.75, 3.05) is 14.2 Å². The van der Waals surface area contributed by atoms with E-state index in [2.05, 4.69) is 6.58 Å². The smallest absolute Gasteiger partial charge is 0.307 e. The van der Waals surface area contributed by atoms with E-state index in [4.69, 9.17) is 14.6 Å². The van der Waals surface area contributed by atoms with Crippen LogP contribution in [0.15, 0.2) is 24.3 Å². The third-order valence-corrected chi connectivity index (χ3v) is 2.27. The Bertz CT molecular complexity index is 254. The first-order valence-corrected chi connectivity index (χ1v) is 5.10. The summed E-state index contributed by atoms with van der Waals surface area (Å²) in [6, 6.07) is 0. The van der Waals surface area contributed by atoms with Gasteiger partial charge in [-0.2, -0.15) is 0 Å². The molecule has 0 bridgehead atoms. The standard InChI is InChI=1S/C12H20O4/c1-9(2)10(6-5-7-11(13)14)8-12(15-3)16-4/h5-6,10,12H,1,7-8H2,2-4H3,(H,13,14)/b6-5+/t10-/m1/s1. The van der Waals surface area contributed by atoms with E-state index in [-0.39, 0.29) is 18.6 Å². The fourth-order valence-corrected chi connectivity index (χ4v) is 1.27. The number of allylic oxidation sites excluding steroid dienone is 2. The van der Waals surface area contributed by atoms with Gasteiger partial charge in [0.05, 0.1) is 6.42 Å². The lowest BCUT2D eigenvalue weighted by Gasteiger charge is -2.19. The highest BCUT2D eigenvalue weighted by Gasteiger charge is 2.13. The van der Waals surface area contributed by atoms with Crippen LogP contribution in [0.3, 0.4) is 0 Å². The van der Waals surface area contributed by atoms with E-state index < -0.39 is 5.97 Å². The Hall–Kier alpha value is -1.13. The van der Waals surface area contributed by atoms with Gasteiger partial charge in [-0.3, -0.25) is 4.79 Å². The third kappa shape index (κ3) is 6.37. The van der Waals surface area contributed by atoms with Crippen LogP contribution in [0.5, 0.6) is 0 Å². The molecule has 0 saturated carbocycles. The Morgan fingerprint density at radius 2 is 2.00 bits per heavy atom. The maximum Gasteiger partial charge on any atom is 0.307 e. The van der Waals surface area contributed by atoms with E-state index in [1.807, 2.05) is 13.0 Å². The van der Waals surface area contributed by atoms with Crippen LogP contribution in [-0.2, 0) is 14.3 Å². The fraction of sp³-hybridized carbons (Fsp3) is 0.583. The minimum Gasteiger partial charge on any atom is -0.481 e. The Labute approximate surface area is 96.6 Å². The van der Waals surface area contributed by atoms with E-state index >= 15 is 0 Å². The second-order valence-electron chi connectivity index (χ2n) is 3.62. The summed E-state index contributed by atoms with van der Waals surface area (Å²) in [4.78, 5) is 10.4. The predicted octanol–water partition coefficient (Wildman–Crippen LogP) is 2.22. The van der Waals surface area contributed by atoms with Crippen molar-refractivity contribution in [3.8, 4) is 0 Å². The summed E-state index contributed by atoms with van der Waals surface area (Å²) in [6.07, 6.45) is 3.83.